The van der Waals surface area contributed by atoms with Crippen LogP contribution in [0.5, 0.6) is 5.75 Å². The summed E-state index contributed by atoms with van der Waals surface area (Å²) in [6.07, 6.45) is 0. The Bertz CT molecular complexity index is 583. The molecular weight excluding hydrogens is 264 g/mol. The van der Waals surface area contributed by atoms with Gasteiger partial charge in [-0.1, -0.05) is 12.1 Å². The number of methoxy groups -OCH3 is 1. The fourth-order valence-corrected chi connectivity index (χ4v) is 2.42. The lowest BCUT2D eigenvalue weighted by molar-refractivity contribution is 0.0691. The number of anilines is 1. The van der Waals surface area contributed by atoms with Gasteiger partial charge in [0.1, 0.15) is 5.75 Å². The Kier molecular flexibility index (Phi) is 4.01. The van der Waals surface area contributed by atoms with Crippen LogP contribution in [0.3, 0.4) is 0 Å². The van der Waals surface area contributed by atoms with Crippen molar-refractivity contribution in [3.05, 3.63) is 40.9 Å². The number of carboxylic acids is 1. The maximum absolute atomic E-state index is 10.8. The van der Waals surface area contributed by atoms with Gasteiger partial charge >= 0.3 is 5.97 Å². The third kappa shape index (κ3) is 3.23. The van der Waals surface area contributed by atoms with Gasteiger partial charge in [0.2, 0.25) is 0 Å². The predicted octanol–water partition coefficient (Wildman–Crippen LogP) is 2.49. The monoisotopic (exact) mass is 278 g/mol. The van der Waals surface area contributed by atoms with Crippen molar-refractivity contribution < 1.29 is 14.6 Å². The molecule has 100 valence electrons. The minimum Gasteiger partial charge on any atom is -0.497 e. The predicted molar refractivity (Wildman–Crippen MR) is 74.2 cm³/mol. The Hall–Kier alpha value is -2.08. The van der Waals surface area contributed by atoms with E-state index in [0.717, 1.165) is 11.3 Å². The molecule has 1 heterocycles. The van der Waals surface area contributed by atoms with Crippen molar-refractivity contribution >= 4 is 22.4 Å². The maximum Gasteiger partial charge on any atom is 0.355 e. The molecule has 0 atom stereocenters. The van der Waals surface area contributed by atoms with Gasteiger partial charge in [0.15, 0.2) is 10.8 Å². The van der Waals surface area contributed by atoms with E-state index in [9.17, 15) is 4.79 Å². The molecule has 0 aliphatic heterocycles. The summed E-state index contributed by atoms with van der Waals surface area (Å²) in [7, 11) is 3.51. The Labute approximate surface area is 115 Å². The highest BCUT2D eigenvalue weighted by atomic mass is 32.1. The average Bonchev–Trinajstić information content (AvgIpc) is 2.89. The number of ether oxygens (including phenoxy) is 1. The Morgan fingerprint density at radius 1 is 1.53 bits per heavy atom. The van der Waals surface area contributed by atoms with E-state index < -0.39 is 5.97 Å². The lowest BCUT2D eigenvalue weighted by Gasteiger charge is -2.16. The lowest BCUT2D eigenvalue weighted by Crippen LogP contribution is -2.16. The number of aromatic carboxylic acids is 1. The van der Waals surface area contributed by atoms with Crippen LogP contribution >= 0.6 is 11.3 Å². The molecule has 0 fully saturated rings. The molecule has 5 nitrogen and oxygen atoms in total. The van der Waals surface area contributed by atoms with Crippen LogP contribution in [0.15, 0.2) is 29.6 Å². The molecule has 0 amide bonds. The molecule has 2 aromatic rings. The molecule has 0 unspecified atom stereocenters. The van der Waals surface area contributed by atoms with E-state index in [2.05, 4.69) is 4.98 Å². The van der Waals surface area contributed by atoms with Crippen LogP contribution in [0.25, 0.3) is 0 Å². The van der Waals surface area contributed by atoms with Gasteiger partial charge in [-0.25, -0.2) is 9.78 Å². The van der Waals surface area contributed by atoms with Gasteiger partial charge in [-0.05, 0) is 17.7 Å². The Balaban J connectivity index is 2.10. The molecule has 0 aliphatic carbocycles. The number of thiazole rings is 1. The first-order valence-electron chi connectivity index (χ1n) is 5.63. The summed E-state index contributed by atoms with van der Waals surface area (Å²) in [6, 6.07) is 7.74. The first kappa shape index (κ1) is 13.4. The first-order valence-corrected chi connectivity index (χ1v) is 6.51. The molecule has 1 aromatic heterocycles. The minimum atomic E-state index is -1.00. The molecule has 1 aromatic carbocycles. The standard InChI is InChI=1S/C13H14N2O3S/c1-15(13-14-11(8-19-13)12(16)17)7-9-4-3-5-10(6-9)18-2/h3-6,8H,7H2,1-2H3,(H,16,17). The van der Waals surface area contributed by atoms with Gasteiger partial charge in [0, 0.05) is 19.0 Å². The summed E-state index contributed by atoms with van der Waals surface area (Å²) in [5, 5.41) is 11.1. The van der Waals surface area contributed by atoms with E-state index in [0.29, 0.717) is 11.7 Å². The van der Waals surface area contributed by atoms with Gasteiger partial charge in [-0.15, -0.1) is 11.3 Å². The summed E-state index contributed by atoms with van der Waals surface area (Å²) in [6.45, 7) is 0.643. The van der Waals surface area contributed by atoms with Crippen molar-refractivity contribution in [2.45, 2.75) is 6.54 Å². The highest BCUT2D eigenvalue weighted by Gasteiger charge is 2.12. The van der Waals surface area contributed by atoms with E-state index in [1.54, 1.807) is 12.5 Å². The largest absolute Gasteiger partial charge is 0.497 e. The molecule has 0 radical (unpaired) electrons. The van der Waals surface area contributed by atoms with E-state index in [4.69, 9.17) is 9.84 Å². The van der Waals surface area contributed by atoms with Crippen molar-refractivity contribution in [3.8, 4) is 5.75 Å². The quantitative estimate of drug-likeness (QED) is 0.910. The Morgan fingerprint density at radius 2 is 2.32 bits per heavy atom. The van der Waals surface area contributed by atoms with E-state index in [1.165, 1.54) is 11.3 Å². The minimum absolute atomic E-state index is 0.0810. The Morgan fingerprint density at radius 3 is 2.95 bits per heavy atom. The van der Waals surface area contributed by atoms with Gasteiger partial charge in [-0.2, -0.15) is 0 Å². The molecule has 6 heteroatoms. The fraction of sp³-hybridized carbons (Fsp3) is 0.231. The van der Waals surface area contributed by atoms with E-state index >= 15 is 0 Å². The lowest BCUT2D eigenvalue weighted by atomic mass is 10.2. The van der Waals surface area contributed by atoms with Crippen LogP contribution in [0.2, 0.25) is 0 Å². The van der Waals surface area contributed by atoms with Crippen molar-refractivity contribution in [1.82, 2.24) is 4.98 Å². The van der Waals surface area contributed by atoms with Gasteiger partial charge in [-0.3, -0.25) is 0 Å². The number of carbonyl (C=O) groups is 1. The van der Waals surface area contributed by atoms with Crippen molar-refractivity contribution in [2.75, 3.05) is 19.1 Å². The summed E-state index contributed by atoms with van der Waals surface area (Å²) in [5.74, 6) is -0.200. The first-order chi connectivity index (χ1) is 9.10. The van der Waals surface area contributed by atoms with Gasteiger partial charge < -0.3 is 14.7 Å². The second kappa shape index (κ2) is 5.71. The summed E-state index contributed by atoms with van der Waals surface area (Å²) in [5.41, 5.74) is 1.16. The number of benzene rings is 1. The average molecular weight is 278 g/mol. The molecular formula is C13H14N2O3S. The smallest absolute Gasteiger partial charge is 0.355 e. The number of aromatic nitrogens is 1. The molecule has 0 spiro atoms. The molecule has 0 aliphatic rings. The molecule has 19 heavy (non-hydrogen) atoms. The maximum atomic E-state index is 10.8. The zero-order valence-electron chi connectivity index (χ0n) is 10.7. The van der Waals surface area contributed by atoms with E-state index in [-0.39, 0.29) is 5.69 Å². The number of nitrogens with zero attached hydrogens (tertiary/aromatic N) is 2. The molecule has 1 N–H and O–H groups in total. The molecule has 0 bridgehead atoms. The molecule has 0 saturated heterocycles. The fourth-order valence-electron chi connectivity index (χ4n) is 1.65. The van der Waals surface area contributed by atoms with Gasteiger partial charge in [0.05, 0.1) is 7.11 Å². The topological polar surface area (TPSA) is 62.7 Å². The summed E-state index contributed by atoms with van der Waals surface area (Å²) >= 11 is 1.32. The van der Waals surface area contributed by atoms with Crippen LogP contribution in [-0.4, -0.2) is 30.2 Å². The zero-order valence-corrected chi connectivity index (χ0v) is 11.5. The highest BCUT2D eigenvalue weighted by Crippen LogP contribution is 2.22. The van der Waals surface area contributed by atoms with Crippen LogP contribution < -0.4 is 9.64 Å². The summed E-state index contributed by atoms with van der Waals surface area (Å²) < 4.78 is 5.17. The summed E-state index contributed by atoms with van der Waals surface area (Å²) in [4.78, 5) is 16.8. The van der Waals surface area contributed by atoms with Crippen LogP contribution in [0.4, 0.5) is 5.13 Å². The number of hydrogen-bond donors (Lipinski definition) is 1. The van der Waals surface area contributed by atoms with E-state index in [1.807, 2.05) is 36.2 Å². The second-order valence-corrected chi connectivity index (χ2v) is 4.86. The van der Waals surface area contributed by atoms with Crippen LogP contribution in [0, 0.1) is 0 Å². The number of rotatable bonds is 5. The normalized spacial score (nSPS) is 10.2. The third-order valence-electron chi connectivity index (χ3n) is 2.59. The van der Waals surface area contributed by atoms with Crippen LogP contribution in [-0.2, 0) is 6.54 Å². The second-order valence-electron chi connectivity index (χ2n) is 4.03. The van der Waals surface area contributed by atoms with Crippen molar-refractivity contribution in [3.63, 3.8) is 0 Å². The number of carboxylic acid groups (broad SMARTS) is 1. The third-order valence-corrected chi connectivity index (χ3v) is 3.55. The van der Waals surface area contributed by atoms with Gasteiger partial charge in [0.25, 0.3) is 0 Å². The molecule has 2 rings (SSSR count). The zero-order chi connectivity index (χ0) is 13.8. The number of hydrogen-bond acceptors (Lipinski definition) is 5. The van der Waals surface area contributed by atoms with Crippen molar-refractivity contribution in [2.24, 2.45) is 0 Å². The SMILES string of the molecule is COc1cccc(CN(C)c2nc(C(=O)O)cs2)c1. The van der Waals surface area contributed by atoms with Crippen LogP contribution in [0.1, 0.15) is 16.1 Å². The molecule has 0 saturated carbocycles. The highest BCUT2D eigenvalue weighted by molar-refractivity contribution is 7.13. The van der Waals surface area contributed by atoms with Crippen molar-refractivity contribution in [1.29, 1.82) is 0 Å².